The number of nitrogens with one attached hydrogen (secondary N) is 1. The third kappa shape index (κ3) is 3.24. The molecular formula is C15H20N4O. The predicted octanol–water partition coefficient (Wildman–Crippen LogP) is 1.45. The van der Waals surface area contributed by atoms with Crippen molar-refractivity contribution in [3.8, 4) is 5.69 Å². The Morgan fingerprint density at radius 1 is 1.40 bits per heavy atom. The zero-order valence-corrected chi connectivity index (χ0v) is 12.1. The lowest BCUT2D eigenvalue weighted by atomic mass is 10.2. The maximum atomic E-state index is 11.0. The Bertz CT molecular complexity index is 618. The van der Waals surface area contributed by atoms with Crippen LogP contribution in [0.1, 0.15) is 23.9 Å². The molecule has 0 aliphatic heterocycles. The lowest BCUT2D eigenvalue weighted by molar-refractivity contribution is -0.119. The highest BCUT2D eigenvalue weighted by Crippen LogP contribution is 2.13. The minimum atomic E-state index is -0.347. The van der Waals surface area contributed by atoms with Crippen molar-refractivity contribution >= 4 is 5.91 Å². The number of amides is 1. The second-order valence-electron chi connectivity index (χ2n) is 5.01. The van der Waals surface area contributed by atoms with E-state index in [4.69, 9.17) is 5.73 Å². The first-order valence-corrected chi connectivity index (χ1v) is 6.62. The van der Waals surface area contributed by atoms with E-state index in [1.54, 1.807) is 6.92 Å². The summed E-state index contributed by atoms with van der Waals surface area (Å²) in [5.41, 5.74) is 9.42. The minimum Gasteiger partial charge on any atom is -0.368 e. The van der Waals surface area contributed by atoms with Gasteiger partial charge < -0.3 is 11.1 Å². The van der Waals surface area contributed by atoms with Gasteiger partial charge in [-0.25, -0.2) is 4.68 Å². The fourth-order valence-electron chi connectivity index (χ4n) is 2.06. The summed E-state index contributed by atoms with van der Waals surface area (Å²) in [7, 11) is 0. The van der Waals surface area contributed by atoms with Crippen molar-refractivity contribution in [3.05, 3.63) is 47.3 Å². The molecule has 0 unspecified atom stereocenters. The van der Waals surface area contributed by atoms with Gasteiger partial charge in [-0.2, -0.15) is 5.10 Å². The van der Waals surface area contributed by atoms with Crippen LogP contribution >= 0.6 is 0 Å². The van der Waals surface area contributed by atoms with Crippen molar-refractivity contribution in [3.63, 3.8) is 0 Å². The molecular weight excluding hydrogens is 252 g/mol. The van der Waals surface area contributed by atoms with Crippen LogP contribution in [0.25, 0.3) is 5.69 Å². The van der Waals surface area contributed by atoms with Crippen LogP contribution in [0.3, 0.4) is 0 Å². The molecule has 0 saturated heterocycles. The Balaban J connectivity index is 2.16. The second kappa shape index (κ2) is 5.88. The average Bonchev–Trinajstić information content (AvgIpc) is 2.75. The summed E-state index contributed by atoms with van der Waals surface area (Å²) in [6.45, 7) is 6.36. The number of primary amides is 1. The topological polar surface area (TPSA) is 72.9 Å². The molecule has 3 N–H and O–H groups in total. The third-order valence-electron chi connectivity index (χ3n) is 3.20. The SMILES string of the molecule is Cc1cc(C)n(-c2cccc(CN[C@@H](C)C(N)=O)c2)n1. The molecule has 2 rings (SSSR count). The predicted molar refractivity (Wildman–Crippen MR) is 78.5 cm³/mol. The van der Waals surface area contributed by atoms with Crippen molar-refractivity contribution < 1.29 is 4.79 Å². The average molecular weight is 272 g/mol. The monoisotopic (exact) mass is 272 g/mol. The van der Waals surface area contributed by atoms with Gasteiger partial charge in [0.1, 0.15) is 0 Å². The quantitative estimate of drug-likeness (QED) is 0.865. The molecule has 2 aromatic rings. The van der Waals surface area contributed by atoms with Crippen molar-refractivity contribution in [1.82, 2.24) is 15.1 Å². The maximum absolute atomic E-state index is 11.0. The van der Waals surface area contributed by atoms with E-state index in [1.807, 2.05) is 42.8 Å². The molecule has 0 spiro atoms. The summed E-state index contributed by atoms with van der Waals surface area (Å²) in [5.74, 6) is -0.347. The zero-order valence-electron chi connectivity index (χ0n) is 12.1. The molecule has 0 saturated carbocycles. The Kier molecular flexibility index (Phi) is 4.20. The largest absolute Gasteiger partial charge is 0.368 e. The van der Waals surface area contributed by atoms with Gasteiger partial charge in [-0.3, -0.25) is 4.79 Å². The van der Waals surface area contributed by atoms with Crippen LogP contribution in [0.4, 0.5) is 0 Å². The first kappa shape index (κ1) is 14.3. The molecule has 0 radical (unpaired) electrons. The van der Waals surface area contributed by atoms with Crippen molar-refractivity contribution in [2.75, 3.05) is 0 Å². The molecule has 106 valence electrons. The molecule has 0 bridgehead atoms. The maximum Gasteiger partial charge on any atom is 0.234 e. The summed E-state index contributed by atoms with van der Waals surface area (Å²) in [6, 6.07) is 9.77. The summed E-state index contributed by atoms with van der Waals surface area (Å²) >= 11 is 0. The van der Waals surface area contributed by atoms with Crippen LogP contribution in [-0.2, 0) is 11.3 Å². The van der Waals surface area contributed by atoms with Gasteiger partial charge in [0.15, 0.2) is 0 Å². The van der Waals surface area contributed by atoms with E-state index >= 15 is 0 Å². The highest BCUT2D eigenvalue weighted by molar-refractivity contribution is 5.79. The third-order valence-corrected chi connectivity index (χ3v) is 3.20. The molecule has 5 heteroatoms. The molecule has 1 heterocycles. The van der Waals surface area contributed by atoms with E-state index in [0.29, 0.717) is 6.54 Å². The molecule has 1 aromatic carbocycles. The van der Waals surface area contributed by atoms with Gasteiger partial charge in [-0.05, 0) is 44.5 Å². The van der Waals surface area contributed by atoms with Crippen LogP contribution in [0, 0.1) is 13.8 Å². The Morgan fingerprint density at radius 3 is 2.75 bits per heavy atom. The van der Waals surface area contributed by atoms with Crippen molar-refractivity contribution in [1.29, 1.82) is 0 Å². The summed E-state index contributed by atoms with van der Waals surface area (Å²) in [5, 5.41) is 7.56. The summed E-state index contributed by atoms with van der Waals surface area (Å²) < 4.78 is 1.91. The fourth-order valence-corrected chi connectivity index (χ4v) is 2.06. The first-order valence-electron chi connectivity index (χ1n) is 6.62. The number of carbonyl (C=O) groups excluding carboxylic acids is 1. The summed E-state index contributed by atoms with van der Waals surface area (Å²) in [4.78, 5) is 11.0. The highest BCUT2D eigenvalue weighted by atomic mass is 16.1. The Labute approximate surface area is 118 Å². The number of aryl methyl sites for hydroxylation is 2. The van der Waals surface area contributed by atoms with E-state index in [1.165, 1.54) is 0 Å². The number of hydrogen-bond acceptors (Lipinski definition) is 3. The van der Waals surface area contributed by atoms with Gasteiger partial charge in [0.05, 0.1) is 17.4 Å². The number of hydrogen-bond donors (Lipinski definition) is 2. The highest BCUT2D eigenvalue weighted by Gasteiger charge is 2.08. The Hall–Kier alpha value is -2.14. The van der Waals surface area contributed by atoms with Crippen molar-refractivity contribution in [2.24, 2.45) is 5.73 Å². The molecule has 0 aliphatic carbocycles. The minimum absolute atomic E-state index is 0.340. The molecule has 0 fully saturated rings. The van der Waals surface area contributed by atoms with E-state index in [9.17, 15) is 4.79 Å². The van der Waals surface area contributed by atoms with Crippen molar-refractivity contribution in [2.45, 2.75) is 33.4 Å². The number of nitrogens with zero attached hydrogens (tertiary/aromatic N) is 2. The van der Waals surface area contributed by atoms with Crippen LogP contribution in [0.5, 0.6) is 0 Å². The smallest absolute Gasteiger partial charge is 0.234 e. The van der Waals surface area contributed by atoms with Crippen LogP contribution in [-0.4, -0.2) is 21.7 Å². The number of nitrogens with two attached hydrogens (primary N) is 1. The lowest BCUT2D eigenvalue weighted by Gasteiger charge is -2.11. The fraction of sp³-hybridized carbons (Fsp3) is 0.333. The van der Waals surface area contributed by atoms with Crippen LogP contribution in [0.15, 0.2) is 30.3 Å². The normalized spacial score (nSPS) is 12.3. The van der Waals surface area contributed by atoms with Gasteiger partial charge in [0.25, 0.3) is 0 Å². The molecule has 0 aliphatic rings. The number of carbonyl (C=O) groups is 1. The first-order chi connectivity index (χ1) is 9.47. The molecule has 1 amide bonds. The second-order valence-corrected chi connectivity index (χ2v) is 5.01. The molecule has 1 atom stereocenters. The van der Waals surface area contributed by atoms with E-state index in [-0.39, 0.29) is 11.9 Å². The lowest BCUT2D eigenvalue weighted by Crippen LogP contribution is -2.38. The van der Waals surface area contributed by atoms with Gasteiger partial charge >= 0.3 is 0 Å². The Morgan fingerprint density at radius 2 is 2.15 bits per heavy atom. The van der Waals surface area contributed by atoms with Crippen LogP contribution in [0.2, 0.25) is 0 Å². The van der Waals surface area contributed by atoms with E-state index in [0.717, 1.165) is 22.6 Å². The van der Waals surface area contributed by atoms with Gasteiger partial charge in [0.2, 0.25) is 5.91 Å². The molecule has 1 aromatic heterocycles. The number of aromatic nitrogens is 2. The number of benzene rings is 1. The standard InChI is InChI=1S/C15H20N4O/c1-10-7-11(2)19(18-10)14-6-4-5-13(8-14)9-17-12(3)15(16)20/h4-8,12,17H,9H2,1-3H3,(H2,16,20)/t12-/m0/s1. The van der Waals surface area contributed by atoms with E-state index < -0.39 is 0 Å². The van der Waals surface area contributed by atoms with Gasteiger partial charge in [-0.15, -0.1) is 0 Å². The van der Waals surface area contributed by atoms with Crippen LogP contribution < -0.4 is 11.1 Å². The zero-order chi connectivity index (χ0) is 14.7. The van der Waals surface area contributed by atoms with E-state index in [2.05, 4.69) is 16.5 Å². The van der Waals surface area contributed by atoms with Gasteiger partial charge in [-0.1, -0.05) is 12.1 Å². The number of rotatable bonds is 5. The van der Waals surface area contributed by atoms with Gasteiger partial charge in [0, 0.05) is 12.2 Å². The summed E-state index contributed by atoms with van der Waals surface area (Å²) in [6.07, 6.45) is 0. The molecule has 5 nitrogen and oxygen atoms in total. The molecule has 20 heavy (non-hydrogen) atoms.